The van der Waals surface area contributed by atoms with Crippen molar-refractivity contribution in [2.45, 2.75) is 30.2 Å². The highest BCUT2D eigenvalue weighted by atomic mass is 79.9. The molecule has 1 aliphatic carbocycles. The molecular weight excluding hydrogens is 422 g/mol. The summed E-state index contributed by atoms with van der Waals surface area (Å²) in [6.45, 7) is 1.42. The fourth-order valence-electron chi connectivity index (χ4n) is 1.80. The number of hydrogen-bond donors (Lipinski definition) is 2. The van der Waals surface area contributed by atoms with E-state index in [2.05, 4.69) is 36.6 Å². The molecule has 1 aromatic rings. The number of aliphatic carboxylic acids is 1. The van der Waals surface area contributed by atoms with Crippen molar-refractivity contribution in [3.8, 4) is 0 Å². The molecule has 1 atom stereocenters. The highest BCUT2D eigenvalue weighted by Gasteiger charge is 2.50. The summed E-state index contributed by atoms with van der Waals surface area (Å²) in [6.07, 6.45) is 1.44. The topological polar surface area (TPSA) is 83.5 Å². The third-order valence-electron chi connectivity index (χ3n) is 3.10. The lowest BCUT2D eigenvalue weighted by atomic mass is 9.98. The molecular formula is C10H11Br2NO4S2. The molecule has 1 fully saturated rings. The number of rotatable bonds is 5. The second-order valence-electron chi connectivity index (χ2n) is 4.58. The van der Waals surface area contributed by atoms with Crippen molar-refractivity contribution in [1.82, 2.24) is 4.72 Å². The molecule has 2 rings (SSSR count). The third-order valence-corrected chi connectivity index (χ3v) is 7.42. The number of hydrogen-bond acceptors (Lipinski definition) is 4. The van der Waals surface area contributed by atoms with Crippen LogP contribution in [0.2, 0.25) is 0 Å². The Morgan fingerprint density at radius 3 is 2.47 bits per heavy atom. The molecule has 0 spiro atoms. The van der Waals surface area contributed by atoms with Crippen molar-refractivity contribution < 1.29 is 18.3 Å². The Bertz CT molecular complexity index is 623. The van der Waals surface area contributed by atoms with Crippen molar-refractivity contribution in [2.24, 2.45) is 5.92 Å². The first-order valence-electron chi connectivity index (χ1n) is 5.39. The van der Waals surface area contributed by atoms with Gasteiger partial charge in [-0.2, -0.15) is 4.72 Å². The van der Waals surface area contributed by atoms with E-state index in [1.165, 1.54) is 24.3 Å². The quantitative estimate of drug-likeness (QED) is 0.749. The minimum atomic E-state index is -3.88. The Balaban J connectivity index is 2.35. The highest BCUT2D eigenvalue weighted by molar-refractivity contribution is 9.12. The number of thiophene rings is 1. The summed E-state index contributed by atoms with van der Waals surface area (Å²) < 4.78 is 28.0. The van der Waals surface area contributed by atoms with Gasteiger partial charge in [0.1, 0.15) is 10.4 Å². The fraction of sp³-hybridized carbons (Fsp3) is 0.500. The van der Waals surface area contributed by atoms with Crippen molar-refractivity contribution in [3.63, 3.8) is 0 Å². The van der Waals surface area contributed by atoms with E-state index in [0.717, 1.165) is 12.8 Å². The van der Waals surface area contributed by atoms with Gasteiger partial charge in [-0.15, -0.1) is 11.3 Å². The van der Waals surface area contributed by atoms with Gasteiger partial charge in [-0.05, 0) is 63.6 Å². The Morgan fingerprint density at radius 2 is 2.11 bits per heavy atom. The van der Waals surface area contributed by atoms with Crippen LogP contribution in [0.3, 0.4) is 0 Å². The van der Waals surface area contributed by atoms with Gasteiger partial charge in [0.15, 0.2) is 0 Å². The van der Waals surface area contributed by atoms with Gasteiger partial charge in [-0.25, -0.2) is 8.42 Å². The first kappa shape index (κ1) is 15.4. The second-order valence-corrected chi connectivity index (χ2v) is 9.98. The smallest absolute Gasteiger partial charge is 0.324 e. The van der Waals surface area contributed by atoms with Gasteiger partial charge in [0.2, 0.25) is 10.0 Å². The van der Waals surface area contributed by atoms with Crippen LogP contribution in [0.25, 0.3) is 0 Å². The molecule has 1 aliphatic rings. The lowest BCUT2D eigenvalue weighted by Gasteiger charge is -2.25. The molecule has 5 nitrogen and oxygen atoms in total. The molecule has 1 aromatic heterocycles. The number of carboxylic acid groups (broad SMARTS) is 1. The van der Waals surface area contributed by atoms with Crippen LogP contribution in [0.4, 0.5) is 0 Å². The number of carbonyl (C=O) groups is 1. The highest BCUT2D eigenvalue weighted by Crippen LogP contribution is 2.41. The first-order chi connectivity index (χ1) is 8.67. The summed E-state index contributed by atoms with van der Waals surface area (Å²) in [6, 6.07) is 1.45. The van der Waals surface area contributed by atoms with E-state index in [1.807, 2.05) is 0 Å². The monoisotopic (exact) mass is 431 g/mol. The number of carboxylic acids is 1. The zero-order chi connectivity index (χ0) is 14.4. The SMILES string of the molecule is CC(NS(=O)(=O)c1cc(Br)sc1Br)(C(=O)O)C1CC1. The lowest BCUT2D eigenvalue weighted by molar-refractivity contribution is -0.144. The maximum atomic E-state index is 12.3. The van der Waals surface area contributed by atoms with Crippen molar-refractivity contribution in [1.29, 1.82) is 0 Å². The van der Waals surface area contributed by atoms with Gasteiger partial charge >= 0.3 is 5.97 Å². The van der Waals surface area contributed by atoms with E-state index in [-0.39, 0.29) is 10.8 Å². The van der Waals surface area contributed by atoms with Crippen molar-refractivity contribution in [3.05, 3.63) is 13.6 Å². The minimum Gasteiger partial charge on any atom is -0.480 e. The van der Waals surface area contributed by atoms with Gasteiger partial charge in [0.25, 0.3) is 0 Å². The predicted octanol–water partition coefficient (Wildman–Crippen LogP) is 2.80. The molecule has 1 saturated carbocycles. The molecule has 0 radical (unpaired) electrons. The molecule has 2 N–H and O–H groups in total. The summed E-state index contributed by atoms with van der Waals surface area (Å²) in [7, 11) is -3.88. The number of nitrogens with one attached hydrogen (secondary N) is 1. The average molecular weight is 433 g/mol. The summed E-state index contributed by atoms with van der Waals surface area (Å²) in [5.41, 5.74) is -1.45. The normalized spacial score (nSPS) is 19.1. The summed E-state index contributed by atoms with van der Waals surface area (Å²) >= 11 is 7.60. The molecule has 1 unspecified atom stereocenters. The van der Waals surface area contributed by atoms with Crippen LogP contribution in [0.15, 0.2) is 18.5 Å². The van der Waals surface area contributed by atoms with E-state index in [0.29, 0.717) is 7.57 Å². The summed E-state index contributed by atoms with van der Waals surface area (Å²) in [4.78, 5) is 11.4. The van der Waals surface area contributed by atoms with Crippen LogP contribution >= 0.6 is 43.2 Å². The number of halogens is 2. The average Bonchev–Trinajstić information content (AvgIpc) is 3.04. The van der Waals surface area contributed by atoms with E-state index < -0.39 is 21.5 Å². The molecule has 9 heteroatoms. The molecule has 0 aliphatic heterocycles. The van der Waals surface area contributed by atoms with Crippen molar-refractivity contribution in [2.75, 3.05) is 0 Å². The van der Waals surface area contributed by atoms with Crippen molar-refractivity contribution >= 4 is 59.2 Å². The first-order valence-corrected chi connectivity index (χ1v) is 9.27. The van der Waals surface area contributed by atoms with E-state index in [1.54, 1.807) is 0 Å². The lowest BCUT2D eigenvalue weighted by Crippen LogP contribution is -2.53. The standard InChI is InChI=1S/C10H11Br2NO4S2/c1-10(9(14)15,5-2-3-5)13-19(16,17)6-4-7(11)18-8(6)12/h4-5,13H,2-3H2,1H3,(H,14,15). The maximum absolute atomic E-state index is 12.3. The van der Waals surface area contributed by atoms with Crippen LogP contribution in [-0.2, 0) is 14.8 Å². The summed E-state index contributed by atoms with van der Waals surface area (Å²) in [5.74, 6) is -1.30. The molecule has 0 bridgehead atoms. The summed E-state index contributed by atoms with van der Waals surface area (Å²) in [5, 5.41) is 9.28. The Labute approximate surface area is 131 Å². The van der Waals surface area contributed by atoms with Gasteiger partial charge in [0.05, 0.1) is 7.57 Å². The molecule has 0 amide bonds. The molecule has 106 valence electrons. The maximum Gasteiger partial charge on any atom is 0.324 e. The zero-order valence-corrected chi connectivity index (χ0v) is 14.6. The van der Waals surface area contributed by atoms with Crippen LogP contribution in [0.1, 0.15) is 19.8 Å². The van der Waals surface area contributed by atoms with E-state index in [9.17, 15) is 18.3 Å². The van der Waals surface area contributed by atoms with Crippen LogP contribution < -0.4 is 4.72 Å². The van der Waals surface area contributed by atoms with Gasteiger partial charge in [-0.1, -0.05) is 0 Å². The van der Waals surface area contributed by atoms with Crippen LogP contribution in [-0.4, -0.2) is 25.0 Å². The fourth-order valence-corrected chi connectivity index (χ4v) is 7.04. The third kappa shape index (κ3) is 3.05. The Kier molecular flexibility index (Phi) is 4.14. The van der Waals surface area contributed by atoms with Crippen LogP contribution in [0, 0.1) is 5.92 Å². The van der Waals surface area contributed by atoms with Gasteiger partial charge in [-0.3, -0.25) is 4.79 Å². The molecule has 19 heavy (non-hydrogen) atoms. The largest absolute Gasteiger partial charge is 0.480 e. The second kappa shape index (κ2) is 5.10. The Hall–Kier alpha value is 0.0400. The van der Waals surface area contributed by atoms with Gasteiger partial charge in [0, 0.05) is 0 Å². The number of sulfonamides is 1. The predicted molar refractivity (Wildman–Crippen MR) is 78.8 cm³/mol. The van der Waals surface area contributed by atoms with Gasteiger partial charge < -0.3 is 5.11 Å². The molecule has 0 saturated heterocycles. The van der Waals surface area contributed by atoms with Crippen LogP contribution in [0.5, 0.6) is 0 Å². The Morgan fingerprint density at radius 1 is 1.53 bits per heavy atom. The zero-order valence-electron chi connectivity index (χ0n) is 9.81. The van der Waals surface area contributed by atoms with E-state index >= 15 is 0 Å². The molecule has 1 heterocycles. The minimum absolute atomic E-state index is 0.0532. The van der Waals surface area contributed by atoms with E-state index in [4.69, 9.17) is 0 Å². The molecule has 0 aromatic carbocycles.